The summed E-state index contributed by atoms with van der Waals surface area (Å²) in [5, 5.41) is 4.21. The normalized spacial score (nSPS) is 10.3. The quantitative estimate of drug-likeness (QED) is 0.833. The third kappa shape index (κ3) is 1.99. The van der Waals surface area contributed by atoms with Crippen molar-refractivity contribution in [1.82, 2.24) is 19.7 Å². The van der Waals surface area contributed by atoms with Crippen LogP contribution in [0.15, 0.2) is 22.9 Å². The van der Waals surface area contributed by atoms with Crippen molar-refractivity contribution in [3.63, 3.8) is 0 Å². The Kier molecular flexibility index (Phi) is 2.68. The molecule has 0 spiro atoms. The second kappa shape index (κ2) is 3.98. The third-order valence-electron chi connectivity index (χ3n) is 1.82. The van der Waals surface area contributed by atoms with Crippen LogP contribution in [0.3, 0.4) is 0 Å². The molecule has 78 valence electrons. The molecule has 6 heteroatoms. The molecule has 0 aliphatic heterocycles. The van der Waals surface area contributed by atoms with Crippen LogP contribution >= 0.6 is 15.9 Å². The van der Waals surface area contributed by atoms with Gasteiger partial charge in [0.1, 0.15) is 0 Å². The van der Waals surface area contributed by atoms with E-state index in [-0.39, 0.29) is 0 Å². The molecule has 0 unspecified atom stereocenters. The fourth-order valence-electron chi connectivity index (χ4n) is 1.12. The van der Waals surface area contributed by atoms with Crippen LogP contribution in [0.4, 0.5) is 0 Å². The van der Waals surface area contributed by atoms with Crippen molar-refractivity contribution in [2.45, 2.75) is 6.92 Å². The average molecular weight is 269 g/mol. The van der Waals surface area contributed by atoms with E-state index in [1.54, 1.807) is 24.2 Å². The van der Waals surface area contributed by atoms with E-state index in [4.69, 9.17) is 4.74 Å². The third-order valence-corrected chi connectivity index (χ3v) is 2.36. The van der Waals surface area contributed by atoms with Gasteiger partial charge in [-0.05, 0) is 28.9 Å². The Balaban J connectivity index is 2.45. The van der Waals surface area contributed by atoms with Crippen molar-refractivity contribution in [1.29, 1.82) is 0 Å². The van der Waals surface area contributed by atoms with Gasteiger partial charge in [0.05, 0.1) is 23.5 Å². The number of rotatable bonds is 2. The summed E-state index contributed by atoms with van der Waals surface area (Å²) in [4.78, 5) is 8.33. The standard InChI is InChI=1S/C9H9BrN4O/c1-6-3-4-14(13-6)9-11-5-7(10)8(12-9)15-2/h3-5H,1-2H3. The summed E-state index contributed by atoms with van der Waals surface area (Å²) in [5.41, 5.74) is 0.917. The summed E-state index contributed by atoms with van der Waals surface area (Å²) in [6.45, 7) is 1.91. The van der Waals surface area contributed by atoms with Crippen molar-refractivity contribution >= 4 is 15.9 Å². The van der Waals surface area contributed by atoms with Crippen molar-refractivity contribution < 1.29 is 4.74 Å². The van der Waals surface area contributed by atoms with Gasteiger partial charge in [0.2, 0.25) is 5.88 Å². The van der Waals surface area contributed by atoms with Crippen molar-refractivity contribution in [2.75, 3.05) is 7.11 Å². The molecule has 0 radical (unpaired) electrons. The van der Waals surface area contributed by atoms with Crippen molar-refractivity contribution in [2.24, 2.45) is 0 Å². The summed E-state index contributed by atoms with van der Waals surface area (Å²) in [6, 6.07) is 1.89. The van der Waals surface area contributed by atoms with Crippen LogP contribution in [0, 0.1) is 6.92 Å². The number of hydrogen-bond donors (Lipinski definition) is 0. The monoisotopic (exact) mass is 268 g/mol. The highest BCUT2D eigenvalue weighted by atomic mass is 79.9. The number of hydrogen-bond acceptors (Lipinski definition) is 4. The number of nitrogens with zero attached hydrogens (tertiary/aromatic N) is 4. The Hall–Kier alpha value is -1.43. The SMILES string of the molecule is COc1nc(-n2ccc(C)n2)ncc1Br. The van der Waals surface area contributed by atoms with Crippen molar-refractivity contribution in [3.8, 4) is 11.8 Å². The largest absolute Gasteiger partial charge is 0.480 e. The molecule has 2 aromatic rings. The molecule has 0 aliphatic rings. The molecule has 2 rings (SSSR count). The van der Waals surface area contributed by atoms with Gasteiger partial charge in [0.25, 0.3) is 5.95 Å². The van der Waals surface area contributed by atoms with E-state index in [0.717, 1.165) is 10.2 Å². The lowest BCUT2D eigenvalue weighted by molar-refractivity contribution is 0.392. The van der Waals surface area contributed by atoms with E-state index >= 15 is 0 Å². The van der Waals surface area contributed by atoms with Gasteiger partial charge in [-0.3, -0.25) is 0 Å². The Morgan fingerprint density at radius 3 is 2.87 bits per heavy atom. The topological polar surface area (TPSA) is 52.8 Å². The van der Waals surface area contributed by atoms with Crippen LogP contribution in [-0.2, 0) is 0 Å². The lowest BCUT2D eigenvalue weighted by Gasteiger charge is -2.03. The zero-order valence-corrected chi connectivity index (χ0v) is 9.89. The molecule has 0 bridgehead atoms. The van der Waals surface area contributed by atoms with E-state index in [1.165, 1.54) is 0 Å². The van der Waals surface area contributed by atoms with Crippen LogP contribution < -0.4 is 4.74 Å². The first-order chi connectivity index (χ1) is 7.20. The van der Waals surface area contributed by atoms with Gasteiger partial charge in [0, 0.05) is 6.20 Å². The maximum absolute atomic E-state index is 5.07. The zero-order chi connectivity index (χ0) is 10.8. The summed E-state index contributed by atoms with van der Waals surface area (Å²) in [6.07, 6.45) is 3.44. The molecular formula is C9H9BrN4O. The molecular weight excluding hydrogens is 260 g/mol. The van der Waals surface area contributed by atoms with E-state index in [2.05, 4.69) is 31.0 Å². The first-order valence-electron chi connectivity index (χ1n) is 4.30. The molecule has 0 fully saturated rings. The molecule has 2 heterocycles. The molecule has 15 heavy (non-hydrogen) atoms. The van der Waals surface area contributed by atoms with E-state index in [1.807, 2.05) is 13.0 Å². The predicted octanol–water partition coefficient (Wildman–Crippen LogP) is 1.74. The Bertz CT molecular complexity index is 483. The first-order valence-corrected chi connectivity index (χ1v) is 5.09. The molecule has 2 aromatic heterocycles. The predicted molar refractivity (Wildman–Crippen MR) is 58.1 cm³/mol. The number of ether oxygens (including phenoxy) is 1. The maximum Gasteiger partial charge on any atom is 0.253 e. The summed E-state index contributed by atoms with van der Waals surface area (Å²) in [7, 11) is 1.56. The number of aromatic nitrogens is 4. The summed E-state index contributed by atoms with van der Waals surface area (Å²) in [5.74, 6) is 0.983. The number of halogens is 1. The highest BCUT2D eigenvalue weighted by molar-refractivity contribution is 9.10. The molecule has 0 saturated heterocycles. The minimum absolute atomic E-state index is 0.489. The Morgan fingerprint density at radius 1 is 1.47 bits per heavy atom. The Morgan fingerprint density at radius 2 is 2.27 bits per heavy atom. The van der Waals surface area contributed by atoms with Gasteiger partial charge in [0.15, 0.2) is 0 Å². The van der Waals surface area contributed by atoms with Crippen LogP contribution in [0.25, 0.3) is 5.95 Å². The first kappa shape index (κ1) is 10.1. The second-order valence-corrected chi connectivity index (χ2v) is 3.78. The zero-order valence-electron chi connectivity index (χ0n) is 8.31. The minimum Gasteiger partial charge on any atom is -0.480 e. The van der Waals surface area contributed by atoms with Crippen LogP contribution in [0.1, 0.15) is 5.69 Å². The van der Waals surface area contributed by atoms with Gasteiger partial charge >= 0.3 is 0 Å². The van der Waals surface area contributed by atoms with E-state index in [9.17, 15) is 0 Å². The van der Waals surface area contributed by atoms with Crippen LogP contribution in [0.2, 0.25) is 0 Å². The van der Waals surface area contributed by atoms with Crippen molar-refractivity contribution in [3.05, 3.63) is 28.6 Å². The summed E-state index contributed by atoms with van der Waals surface area (Å²) >= 11 is 3.29. The minimum atomic E-state index is 0.489. The number of aryl methyl sites for hydroxylation is 1. The fraction of sp³-hybridized carbons (Fsp3) is 0.222. The van der Waals surface area contributed by atoms with Gasteiger partial charge in [-0.15, -0.1) is 0 Å². The second-order valence-electron chi connectivity index (χ2n) is 2.93. The lowest BCUT2D eigenvalue weighted by Crippen LogP contribution is -2.03. The van der Waals surface area contributed by atoms with Gasteiger partial charge in [-0.25, -0.2) is 9.67 Å². The highest BCUT2D eigenvalue weighted by Crippen LogP contribution is 2.21. The molecule has 5 nitrogen and oxygen atoms in total. The number of methoxy groups -OCH3 is 1. The average Bonchev–Trinajstić information content (AvgIpc) is 2.66. The highest BCUT2D eigenvalue weighted by Gasteiger charge is 2.07. The van der Waals surface area contributed by atoms with Gasteiger partial charge in [-0.1, -0.05) is 0 Å². The van der Waals surface area contributed by atoms with E-state index < -0.39 is 0 Å². The molecule has 0 aliphatic carbocycles. The molecule has 0 aromatic carbocycles. The lowest BCUT2D eigenvalue weighted by atomic mass is 10.5. The smallest absolute Gasteiger partial charge is 0.253 e. The molecule has 0 amide bonds. The van der Waals surface area contributed by atoms with Crippen LogP contribution in [-0.4, -0.2) is 26.9 Å². The van der Waals surface area contributed by atoms with Gasteiger partial charge < -0.3 is 4.74 Å². The van der Waals surface area contributed by atoms with E-state index in [0.29, 0.717) is 11.8 Å². The summed E-state index contributed by atoms with van der Waals surface area (Å²) < 4.78 is 7.40. The molecule has 0 saturated carbocycles. The fourth-order valence-corrected chi connectivity index (χ4v) is 1.48. The molecule has 0 N–H and O–H groups in total. The molecule has 0 atom stereocenters. The maximum atomic E-state index is 5.07. The van der Waals surface area contributed by atoms with Gasteiger partial charge in [-0.2, -0.15) is 10.1 Å². The van der Waals surface area contributed by atoms with Crippen LogP contribution in [0.5, 0.6) is 5.88 Å². The Labute approximate surface area is 95.2 Å².